The number of carbonyl (C=O) groups excluding carboxylic acids is 1. The Morgan fingerprint density at radius 1 is 1.08 bits per heavy atom. The summed E-state index contributed by atoms with van der Waals surface area (Å²) in [5.74, 6) is -0.134. The van der Waals surface area contributed by atoms with Crippen LogP contribution in [-0.4, -0.2) is 35.5 Å². The first-order valence-electron chi connectivity index (χ1n) is 8.80. The number of hydrogen-bond acceptors (Lipinski definition) is 3. The molecule has 1 saturated heterocycles. The summed E-state index contributed by atoms with van der Waals surface area (Å²) >= 11 is 0. The molecule has 0 aliphatic carbocycles. The number of ether oxygens (including phenoxy) is 1. The van der Waals surface area contributed by atoms with Crippen molar-refractivity contribution < 1.29 is 19.4 Å². The lowest BCUT2D eigenvalue weighted by Gasteiger charge is -2.29. The molecule has 2 aromatic rings. The maximum absolute atomic E-state index is 12.7. The van der Waals surface area contributed by atoms with E-state index < -0.39 is 5.97 Å². The number of carboxylic acids is 1. The largest absolute Gasteiger partial charge is 0.497 e. The molecular formula is C21H23NO4. The van der Waals surface area contributed by atoms with E-state index in [1.165, 1.54) is 5.56 Å². The van der Waals surface area contributed by atoms with E-state index >= 15 is 0 Å². The fourth-order valence-corrected chi connectivity index (χ4v) is 3.72. The van der Waals surface area contributed by atoms with Gasteiger partial charge in [-0.3, -0.25) is 9.59 Å². The molecule has 136 valence electrons. The van der Waals surface area contributed by atoms with Gasteiger partial charge in [0, 0.05) is 18.9 Å². The van der Waals surface area contributed by atoms with Gasteiger partial charge in [-0.15, -0.1) is 0 Å². The molecule has 2 aromatic carbocycles. The van der Waals surface area contributed by atoms with E-state index in [2.05, 4.69) is 12.1 Å². The van der Waals surface area contributed by atoms with Crippen LogP contribution in [0.4, 0.5) is 0 Å². The van der Waals surface area contributed by atoms with E-state index in [-0.39, 0.29) is 30.7 Å². The molecule has 0 saturated carbocycles. The monoisotopic (exact) mass is 353 g/mol. The molecule has 26 heavy (non-hydrogen) atoms. The zero-order valence-corrected chi connectivity index (χ0v) is 14.8. The van der Waals surface area contributed by atoms with Crippen LogP contribution >= 0.6 is 0 Å². The Balaban J connectivity index is 1.94. The zero-order valence-electron chi connectivity index (χ0n) is 14.8. The highest BCUT2D eigenvalue weighted by atomic mass is 16.5. The molecule has 2 unspecified atom stereocenters. The van der Waals surface area contributed by atoms with Gasteiger partial charge in [0.2, 0.25) is 5.91 Å². The van der Waals surface area contributed by atoms with Crippen LogP contribution < -0.4 is 4.74 Å². The third-order valence-corrected chi connectivity index (χ3v) is 4.93. The summed E-state index contributed by atoms with van der Waals surface area (Å²) in [6.07, 6.45) is 0.734. The van der Waals surface area contributed by atoms with E-state index in [0.29, 0.717) is 6.54 Å². The number of carbonyl (C=O) groups is 2. The minimum atomic E-state index is -0.949. The quantitative estimate of drug-likeness (QED) is 0.861. The van der Waals surface area contributed by atoms with Crippen molar-refractivity contribution in [2.24, 2.45) is 0 Å². The number of carboxylic acid groups (broad SMARTS) is 1. The van der Waals surface area contributed by atoms with Crippen molar-refractivity contribution in [3.8, 4) is 5.75 Å². The van der Waals surface area contributed by atoms with Gasteiger partial charge in [0.05, 0.1) is 19.6 Å². The van der Waals surface area contributed by atoms with Gasteiger partial charge >= 0.3 is 5.97 Å². The van der Waals surface area contributed by atoms with Crippen LogP contribution in [0.1, 0.15) is 42.3 Å². The van der Waals surface area contributed by atoms with Gasteiger partial charge in [0.15, 0.2) is 0 Å². The number of hydrogen-bond donors (Lipinski definition) is 1. The van der Waals surface area contributed by atoms with Gasteiger partial charge in [-0.25, -0.2) is 0 Å². The average Bonchev–Trinajstić information content (AvgIpc) is 3.12. The second kappa shape index (κ2) is 8.04. The molecule has 0 radical (unpaired) electrons. The van der Waals surface area contributed by atoms with Crippen LogP contribution in [0.15, 0.2) is 54.6 Å². The van der Waals surface area contributed by atoms with Crippen LogP contribution in [0.25, 0.3) is 0 Å². The van der Waals surface area contributed by atoms with Crippen molar-refractivity contribution in [3.63, 3.8) is 0 Å². The van der Waals surface area contributed by atoms with Crippen molar-refractivity contribution in [2.45, 2.75) is 31.2 Å². The molecule has 1 heterocycles. The summed E-state index contributed by atoms with van der Waals surface area (Å²) in [5, 5.41) is 8.90. The van der Waals surface area contributed by atoms with Crippen molar-refractivity contribution in [3.05, 3.63) is 65.7 Å². The number of amides is 1. The number of nitrogens with zero attached hydrogens (tertiary/aromatic N) is 1. The summed E-state index contributed by atoms with van der Waals surface area (Å²) in [7, 11) is 1.62. The first kappa shape index (κ1) is 18.0. The molecule has 1 aliphatic heterocycles. The molecular weight excluding hydrogens is 330 g/mol. The molecule has 5 heteroatoms. The lowest BCUT2D eigenvalue weighted by atomic mass is 9.87. The Morgan fingerprint density at radius 2 is 1.81 bits per heavy atom. The molecule has 3 rings (SSSR count). The van der Waals surface area contributed by atoms with Gasteiger partial charge in [-0.1, -0.05) is 42.5 Å². The molecule has 0 aromatic heterocycles. The third kappa shape index (κ3) is 3.87. The molecule has 2 atom stereocenters. The van der Waals surface area contributed by atoms with Crippen molar-refractivity contribution >= 4 is 11.9 Å². The van der Waals surface area contributed by atoms with Crippen LogP contribution in [0.2, 0.25) is 0 Å². The van der Waals surface area contributed by atoms with Crippen LogP contribution in [0, 0.1) is 0 Å². The second-order valence-electron chi connectivity index (χ2n) is 6.51. The Kier molecular flexibility index (Phi) is 5.56. The Labute approximate surface area is 153 Å². The van der Waals surface area contributed by atoms with Crippen LogP contribution in [0.3, 0.4) is 0 Å². The highest BCUT2D eigenvalue weighted by Gasteiger charge is 2.38. The minimum absolute atomic E-state index is 0.0251. The highest BCUT2D eigenvalue weighted by Crippen LogP contribution is 2.44. The Morgan fingerprint density at radius 3 is 2.50 bits per heavy atom. The molecule has 1 fully saturated rings. The van der Waals surface area contributed by atoms with Crippen LogP contribution in [0.5, 0.6) is 5.75 Å². The standard InChI is InChI=1S/C21H23NO4/c1-26-17-9-5-8-16(14-17)21-18(15-6-3-2-4-7-15)12-13-22(21)19(23)10-11-20(24)25/h2-9,14,18,21H,10-13H2,1H3,(H,24,25). The summed E-state index contributed by atoms with van der Waals surface area (Å²) in [6.45, 7) is 0.625. The number of rotatable bonds is 6. The van der Waals surface area contributed by atoms with Gasteiger partial charge < -0.3 is 14.7 Å². The fraction of sp³-hybridized carbons (Fsp3) is 0.333. The van der Waals surface area contributed by atoms with Crippen molar-refractivity contribution in [1.29, 1.82) is 0 Å². The van der Waals surface area contributed by atoms with Gasteiger partial charge in [0.25, 0.3) is 0 Å². The first-order chi connectivity index (χ1) is 12.6. The van der Waals surface area contributed by atoms with E-state index in [4.69, 9.17) is 9.84 Å². The summed E-state index contributed by atoms with van der Waals surface area (Å²) in [6, 6.07) is 17.8. The smallest absolute Gasteiger partial charge is 0.303 e. The molecule has 1 aliphatic rings. The van der Waals surface area contributed by atoms with E-state index in [1.54, 1.807) is 7.11 Å². The highest BCUT2D eigenvalue weighted by molar-refractivity contribution is 5.81. The zero-order chi connectivity index (χ0) is 18.5. The summed E-state index contributed by atoms with van der Waals surface area (Å²) in [5.41, 5.74) is 2.20. The predicted molar refractivity (Wildman–Crippen MR) is 98.1 cm³/mol. The molecule has 5 nitrogen and oxygen atoms in total. The summed E-state index contributed by atoms with van der Waals surface area (Å²) < 4.78 is 5.35. The normalized spacial score (nSPS) is 19.3. The third-order valence-electron chi connectivity index (χ3n) is 4.93. The van der Waals surface area contributed by atoms with Crippen molar-refractivity contribution in [1.82, 2.24) is 4.90 Å². The second-order valence-corrected chi connectivity index (χ2v) is 6.51. The fourth-order valence-electron chi connectivity index (χ4n) is 3.72. The number of methoxy groups -OCH3 is 1. The predicted octanol–water partition coefficient (Wildman–Crippen LogP) is 3.62. The van der Waals surface area contributed by atoms with Gasteiger partial charge in [-0.2, -0.15) is 0 Å². The minimum Gasteiger partial charge on any atom is -0.497 e. The molecule has 1 N–H and O–H groups in total. The number of benzene rings is 2. The molecule has 0 bridgehead atoms. The summed E-state index contributed by atoms with van der Waals surface area (Å²) in [4.78, 5) is 25.4. The molecule has 1 amide bonds. The average molecular weight is 353 g/mol. The van der Waals surface area contributed by atoms with Crippen molar-refractivity contribution in [2.75, 3.05) is 13.7 Å². The number of aliphatic carboxylic acids is 1. The van der Waals surface area contributed by atoms with Gasteiger partial charge in [-0.05, 0) is 29.7 Å². The maximum atomic E-state index is 12.7. The molecule has 0 spiro atoms. The SMILES string of the molecule is COc1cccc(C2C(c3ccccc3)CCN2C(=O)CCC(=O)O)c1. The topological polar surface area (TPSA) is 66.8 Å². The van der Waals surface area contributed by atoms with E-state index in [1.807, 2.05) is 47.4 Å². The lowest BCUT2D eigenvalue weighted by Crippen LogP contribution is -2.32. The maximum Gasteiger partial charge on any atom is 0.303 e. The van der Waals surface area contributed by atoms with E-state index in [0.717, 1.165) is 17.7 Å². The van der Waals surface area contributed by atoms with Gasteiger partial charge in [0.1, 0.15) is 5.75 Å². The Hall–Kier alpha value is -2.82. The Bertz CT molecular complexity index is 775. The lowest BCUT2D eigenvalue weighted by molar-refractivity contribution is -0.141. The first-order valence-corrected chi connectivity index (χ1v) is 8.80. The van der Waals surface area contributed by atoms with E-state index in [9.17, 15) is 9.59 Å². The number of likely N-dealkylation sites (tertiary alicyclic amines) is 1. The van der Waals surface area contributed by atoms with Crippen LogP contribution in [-0.2, 0) is 9.59 Å².